The molecule has 0 saturated carbocycles. The van der Waals surface area contributed by atoms with Gasteiger partial charge >= 0.3 is 0 Å². The maximum Gasteiger partial charge on any atom is 0.145 e. The van der Waals surface area contributed by atoms with Gasteiger partial charge in [0.05, 0.1) is 11.0 Å². The molecule has 51 heavy (non-hydrogen) atoms. The van der Waals surface area contributed by atoms with E-state index in [1.165, 1.54) is 60.5 Å². The number of benzene rings is 7. The van der Waals surface area contributed by atoms with Gasteiger partial charge in [0.15, 0.2) is 0 Å². The molecule has 1 aromatic heterocycles. The Bertz CT molecular complexity index is 2710. The van der Waals surface area contributed by atoms with Gasteiger partial charge in [-0.3, -0.25) is 4.57 Å². The summed E-state index contributed by atoms with van der Waals surface area (Å²) in [5.41, 5.74) is 13.5. The Balaban J connectivity index is 1.08. The predicted octanol–water partition coefficient (Wildman–Crippen LogP) is 12.8. The molecule has 1 heterocycles. The van der Waals surface area contributed by atoms with Crippen molar-refractivity contribution in [3.63, 3.8) is 0 Å². The fraction of sp³-hybridized carbons (Fsp3) is 0.0816. The van der Waals surface area contributed by atoms with Crippen LogP contribution in [0.25, 0.3) is 72.2 Å². The molecular weight excluding hydrogens is 617 g/mol. The third-order valence-corrected chi connectivity index (χ3v) is 10.8. The Morgan fingerprint density at radius 2 is 1.29 bits per heavy atom. The van der Waals surface area contributed by atoms with E-state index in [-0.39, 0.29) is 0 Å². The first-order valence-corrected chi connectivity index (χ1v) is 18.0. The molecular formula is C49H36N2. The second-order valence-corrected chi connectivity index (χ2v) is 13.8. The monoisotopic (exact) mass is 652 g/mol. The molecule has 0 fully saturated rings. The molecule has 2 aliphatic rings. The van der Waals surface area contributed by atoms with Crippen molar-refractivity contribution in [2.75, 3.05) is 0 Å². The number of allylic oxidation sites excluding steroid dienone is 5. The number of hydrogen-bond donors (Lipinski definition) is 0. The van der Waals surface area contributed by atoms with Gasteiger partial charge < -0.3 is 0 Å². The van der Waals surface area contributed by atoms with Crippen LogP contribution < -0.4 is 0 Å². The van der Waals surface area contributed by atoms with E-state index in [0.29, 0.717) is 5.92 Å². The molecule has 0 spiro atoms. The van der Waals surface area contributed by atoms with Crippen molar-refractivity contribution in [3.8, 4) is 27.9 Å². The maximum atomic E-state index is 5.40. The number of nitrogens with zero attached hydrogens (tertiary/aromatic N) is 2. The lowest BCUT2D eigenvalue weighted by molar-refractivity contribution is 0.842. The van der Waals surface area contributed by atoms with Gasteiger partial charge in [0.25, 0.3) is 0 Å². The van der Waals surface area contributed by atoms with Gasteiger partial charge in [0.1, 0.15) is 5.82 Å². The summed E-state index contributed by atoms with van der Waals surface area (Å²) < 4.78 is 2.35. The van der Waals surface area contributed by atoms with E-state index >= 15 is 0 Å². The van der Waals surface area contributed by atoms with Crippen LogP contribution in [-0.4, -0.2) is 9.55 Å². The first-order chi connectivity index (χ1) is 25.3. The van der Waals surface area contributed by atoms with Gasteiger partial charge in [-0.2, -0.15) is 0 Å². The van der Waals surface area contributed by atoms with E-state index in [0.717, 1.165) is 47.4 Å². The quantitative estimate of drug-likeness (QED) is 0.181. The Labute approximate surface area is 298 Å². The molecule has 2 aliphatic carbocycles. The maximum absolute atomic E-state index is 5.40. The van der Waals surface area contributed by atoms with Crippen LogP contribution in [0.5, 0.6) is 0 Å². The smallest absolute Gasteiger partial charge is 0.145 e. The normalized spacial score (nSPS) is 15.4. The first kappa shape index (κ1) is 29.6. The molecule has 1 unspecified atom stereocenters. The van der Waals surface area contributed by atoms with Gasteiger partial charge in [0, 0.05) is 17.2 Å². The molecule has 10 rings (SSSR count). The number of aryl methyl sites for hydroxylation is 1. The van der Waals surface area contributed by atoms with Crippen molar-refractivity contribution in [2.24, 2.45) is 0 Å². The van der Waals surface area contributed by atoms with Gasteiger partial charge in [-0.15, -0.1) is 0 Å². The molecule has 0 bridgehead atoms. The van der Waals surface area contributed by atoms with Gasteiger partial charge in [-0.25, -0.2) is 4.98 Å². The van der Waals surface area contributed by atoms with Crippen LogP contribution in [0.2, 0.25) is 0 Å². The van der Waals surface area contributed by atoms with Crippen molar-refractivity contribution >= 4 is 44.2 Å². The highest BCUT2D eigenvalue weighted by Crippen LogP contribution is 2.38. The lowest BCUT2D eigenvalue weighted by atomic mass is 9.83. The summed E-state index contributed by atoms with van der Waals surface area (Å²) in [6.45, 7) is 0. The minimum atomic E-state index is 0.349. The lowest BCUT2D eigenvalue weighted by Gasteiger charge is -2.22. The standard InChI is InChI=1S/C49H36N2/c1-4-16-41-33(10-1)13-7-19-44(41)36-22-24-38(25-23-36)49-50-47-32-39(46-21-9-15-35-12-3-6-18-43(35)46)28-31-48(47)51(49)40-29-26-37(27-30-40)45-20-8-14-34-11-2-5-17-42(34)45/h2-9,11-22,24-32,36H,1,10,23H2. The van der Waals surface area contributed by atoms with Crippen LogP contribution >= 0.6 is 0 Å². The second-order valence-electron chi connectivity index (χ2n) is 13.8. The molecule has 0 amide bonds. The van der Waals surface area contributed by atoms with Crippen molar-refractivity contribution < 1.29 is 0 Å². The third-order valence-electron chi connectivity index (χ3n) is 10.8. The molecule has 1 atom stereocenters. The van der Waals surface area contributed by atoms with Crippen molar-refractivity contribution in [3.05, 3.63) is 192 Å². The Kier molecular flexibility index (Phi) is 7.13. The molecule has 2 heteroatoms. The van der Waals surface area contributed by atoms with Crippen LogP contribution in [0.4, 0.5) is 0 Å². The van der Waals surface area contributed by atoms with Crippen LogP contribution in [0.1, 0.15) is 41.3 Å². The van der Waals surface area contributed by atoms with Crippen molar-refractivity contribution in [1.29, 1.82) is 0 Å². The van der Waals surface area contributed by atoms with E-state index in [9.17, 15) is 0 Å². The van der Waals surface area contributed by atoms with E-state index in [2.05, 4.69) is 181 Å². The lowest BCUT2D eigenvalue weighted by Crippen LogP contribution is -2.06. The summed E-state index contributed by atoms with van der Waals surface area (Å²) in [5.74, 6) is 1.32. The molecule has 0 N–H and O–H groups in total. The summed E-state index contributed by atoms with van der Waals surface area (Å²) in [4.78, 5) is 5.40. The number of fused-ring (bicyclic) bond motifs is 4. The molecule has 242 valence electrons. The zero-order valence-corrected chi connectivity index (χ0v) is 28.3. The average Bonchev–Trinajstić information content (AvgIpc) is 3.59. The van der Waals surface area contributed by atoms with Gasteiger partial charge in [-0.05, 0) is 104 Å². The Morgan fingerprint density at radius 1 is 0.608 bits per heavy atom. The highest BCUT2D eigenvalue weighted by Gasteiger charge is 2.22. The molecule has 0 aliphatic heterocycles. The molecule has 7 aromatic carbocycles. The molecule has 8 aromatic rings. The summed E-state index contributed by atoms with van der Waals surface area (Å²) in [6, 6.07) is 53.0. The minimum Gasteiger partial charge on any atom is -0.292 e. The van der Waals surface area contributed by atoms with Crippen LogP contribution in [0.15, 0.2) is 170 Å². The molecule has 0 radical (unpaired) electrons. The summed E-state index contributed by atoms with van der Waals surface area (Å²) in [7, 11) is 0. The first-order valence-electron chi connectivity index (χ1n) is 18.0. The van der Waals surface area contributed by atoms with E-state index in [4.69, 9.17) is 4.98 Å². The summed E-state index contributed by atoms with van der Waals surface area (Å²) in [6.07, 6.45) is 14.9. The average molecular weight is 653 g/mol. The molecule has 2 nitrogen and oxygen atoms in total. The fourth-order valence-corrected chi connectivity index (χ4v) is 8.28. The number of rotatable bonds is 5. The van der Waals surface area contributed by atoms with E-state index in [1.54, 1.807) is 0 Å². The largest absolute Gasteiger partial charge is 0.292 e. The van der Waals surface area contributed by atoms with Crippen LogP contribution in [0.3, 0.4) is 0 Å². The summed E-state index contributed by atoms with van der Waals surface area (Å²) in [5, 5.41) is 5.02. The van der Waals surface area contributed by atoms with E-state index < -0.39 is 0 Å². The fourth-order valence-electron chi connectivity index (χ4n) is 8.28. The van der Waals surface area contributed by atoms with Crippen molar-refractivity contribution in [1.82, 2.24) is 9.55 Å². The van der Waals surface area contributed by atoms with Gasteiger partial charge in [-0.1, -0.05) is 152 Å². The number of aromatic nitrogens is 2. The zero-order valence-electron chi connectivity index (χ0n) is 28.3. The van der Waals surface area contributed by atoms with Gasteiger partial charge in [0.2, 0.25) is 0 Å². The molecule has 0 saturated heterocycles. The SMILES string of the molecule is C1=Cc2c(cccc2C2C=CC(c3nc4cc(-c5cccc6ccccc56)ccc4n3-c3ccc(-c4cccc5ccccc45)cc3)=CC2)CC1. The van der Waals surface area contributed by atoms with Crippen LogP contribution in [0, 0.1) is 0 Å². The minimum absolute atomic E-state index is 0.349. The predicted molar refractivity (Wildman–Crippen MR) is 215 cm³/mol. The number of hydrogen-bond acceptors (Lipinski definition) is 1. The zero-order chi connectivity index (χ0) is 33.7. The van der Waals surface area contributed by atoms with E-state index in [1.807, 2.05) is 0 Å². The Morgan fingerprint density at radius 3 is 2.04 bits per heavy atom. The number of imidazole rings is 1. The highest BCUT2D eigenvalue weighted by molar-refractivity contribution is 5.99. The van der Waals surface area contributed by atoms with Crippen LogP contribution in [-0.2, 0) is 6.42 Å². The summed E-state index contributed by atoms with van der Waals surface area (Å²) >= 11 is 0. The van der Waals surface area contributed by atoms with Crippen molar-refractivity contribution in [2.45, 2.75) is 25.2 Å². The topological polar surface area (TPSA) is 17.8 Å². The third kappa shape index (κ3) is 5.14. The highest BCUT2D eigenvalue weighted by atomic mass is 15.1. The Hall–Kier alpha value is -6.25. The second kappa shape index (κ2) is 12.3.